The normalized spacial score (nSPS) is 26.5. The van der Waals surface area contributed by atoms with Crippen molar-refractivity contribution in [2.45, 2.75) is 64.4 Å². The third-order valence-corrected chi connectivity index (χ3v) is 5.01. The third-order valence-electron chi connectivity index (χ3n) is 5.01. The fourth-order valence-electron chi connectivity index (χ4n) is 3.72. The zero-order chi connectivity index (χ0) is 14.4. The molecule has 0 aromatic rings. The van der Waals surface area contributed by atoms with Crippen LogP contribution in [-0.4, -0.2) is 43.2 Å². The minimum atomic E-state index is 0.0773. The monoisotopic (exact) mass is 282 g/mol. The van der Waals surface area contributed by atoms with Gasteiger partial charge in [-0.05, 0) is 44.6 Å². The highest BCUT2D eigenvalue weighted by Crippen LogP contribution is 2.39. The number of ether oxygens (including phenoxy) is 1. The van der Waals surface area contributed by atoms with Crippen LogP contribution in [0.1, 0.15) is 58.3 Å². The smallest absolute Gasteiger partial charge is 0.223 e. The first-order valence-corrected chi connectivity index (χ1v) is 8.28. The summed E-state index contributed by atoms with van der Waals surface area (Å²) in [6.07, 6.45) is 9.02. The third kappa shape index (κ3) is 3.95. The maximum atomic E-state index is 12.6. The van der Waals surface area contributed by atoms with Crippen LogP contribution >= 0.6 is 0 Å². The molecule has 0 aromatic carbocycles. The van der Waals surface area contributed by atoms with Gasteiger partial charge in [-0.15, -0.1) is 0 Å². The van der Waals surface area contributed by atoms with Crippen molar-refractivity contribution in [3.05, 3.63) is 0 Å². The van der Waals surface area contributed by atoms with Gasteiger partial charge in [0, 0.05) is 26.1 Å². The first-order chi connectivity index (χ1) is 9.69. The average Bonchev–Trinajstić information content (AvgIpc) is 2.49. The maximum Gasteiger partial charge on any atom is 0.223 e. The predicted molar refractivity (Wildman–Crippen MR) is 80.4 cm³/mol. The molecule has 4 heteroatoms. The summed E-state index contributed by atoms with van der Waals surface area (Å²) >= 11 is 0. The minimum absolute atomic E-state index is 0.0773. The van der Waals surface area contributed by atoms with Crippen molar-refractivity contribution >= 4 is 5.91 Å². The highest BCUT2D eigenvalue weighted by molar-refractivity contribution is 5.77. The van der Waals surface area contributed by atoms with E-state index in [0.29, 0.717) is 18.9 Å². The SMILES string of the molecule is CCOC1CCCN(C(=O)CC2(CN)CCCCC2)C1. The van der Waals surface area contributed by atoms with E-state index in [-0.39, 0.29) is 11.5 Å². The van der Waals surface area contributed by atoms with Crippen LogP contribution in [0.2, 0.25) is 0 Å². The summed E-state index contributed by atoms with van der Waals surface area (Å²) in [5.41, 5.74) is 6.07. The molecule has 0 bridgehead atoms. The number of hydrogen-bond acceptors (Lipinski definition) is 3. The molecule has 0 spiro atoms. The summed E-state index contributed by atoms with van der Waals surface area (Å²) in [4.78, 5) is 14.6. The van der Waals surface area contributed by atoms with Crippen molar-refractivity contribution in [2.24, 2.45) is 11.1 Å². The number of hydrogen-bond donors (Lipinski definition) is 1. The Morgan fingerprint density at radius 1 is 1.30 bits per heavy atom. The minimum Gasteiger partial charge on any atom is -0.377 e. The van der Waals surface area contributed by atoms with Gasteiger partial charge < -0.3 is 15.4 Å². The molecule has 0 aromatic heterocycles. The van der Waals surface area contributed by atoms with Gasteiger partial charge in [-0.2, -0.15) is 0 Å². The first kappa shape index (κ1) is 15.8. The number of nitrogens with two attached hydrogens (primary N) is 1. The van der Waals surface area contributed by atoms with Gasteiger partial charge in [0.05, 0.1) is 6.10 Å². The Kier molecular flexibility index (Phi) is 5.85. The Hall–Kier alpha value is -0.610. The zero-order valence-corrected chi connectivity index (χ0v) is 12.9. The van der Waals surface area contributed by atoms with Gasteiger partial charge in [0.1, 0.15) is 0 Å². The van der Waals surface area contributed by atoms with Crippen LogP contribution in [0, 0.1) is 5.41 Å². The van der Waals surface area contributed by atoms with E-state index in [4.69, 9.17) is 10.5 Å². The van der Waals surface area contributed by atoms with Crippen LogP contribution in [0.4, 0.5) is 0 Å². The number of carbonyl (C=O) groups excluding carboxylic acids is 1. The van der Waals surface area contributed by atoms with E-state index in [1.807, 2.05) is 11.8 Å². The van der Waals surface area contributed by atoms with Crippen LogP contribution in [-0.2, 0) is 9.53 Å². The molecule has 20 heavy (non-hydrogen) atoms. The zero-order valence-electron chi connectivity index (χ0n) is 12.9. The topological polar surface area (TPSA) is 55.6 Å². The second-order valence-corrected chi connectivity index (χ2v) is 6.50. The molecule has 116 valence electrons. The largest absolute Gasteiger partial charge is 0.377 e. The fraction of sp³-hybridized carbons (Fsp3) is 0.938. The second-order valence-electron chi connectivity index (χ2n) is 6.50. The van der Waals surface area contributed by atoms with Crippen molar-refractivity contribution in [2.75, 3.05) is 26.2 Å². The lowest BCUT2D eigenvalue weighted by atomic mass is 9.71. The predicted octanol–water partition coefficient (Wildman–Crippen LogP) is 2.31. The quantitative estimate of drug-likeness (QED) is 0.842. The van der Waals surface area contributed by atoms with Crippen LogP contribution in [0.3, 0.4) is 0 Å². The van der Waals surface area contributed by atoms with E-state index < -0.39 is 0 Å². The van der Waals surface area contributed by atoms with Crippen LogP contribution < -0.4 is 5.73 Å². The molecular weight excluding hydrogens is 252 g/mol. The van der Waals surface area contributed by atoms with Crippen molar-refractivity contribution in [1.29, 1.82) is 0 Å². The van der Waals surface area contributed by atoms with Crippen molar-refractivity contribution in [3.8, 4) is 0 Å². The molecule has 2 aliphatic rings. The van der Waals surface area contributed by atoms with Gasteiger partial charge >= 0.3 is 0 Å². The Bertz CT molecular complexity index is 312. The number of carbonyl (C=O) groups is 1. The van der Waals surface area contributed by atoms with Crippen molar-refractivity contribution < 1.29 is 9.53 Å². The number of likely N-dealkylation sites (tertiary alicyclic amines) is 1. The molecule has 2 rings (SSSR count). The molecule has 1 saturated heterocycles. The van der Waals surface area contributed by atoms with E-state index in [9.17, 15) is 4.79 Å². The van der Waals surface area contributed by atoms with Crippen molar-refractivity contribution in [1.82, 2.24) is 4.90 Å². The molecule has 1 aliphatic carbocycles. The van der Waals surface area contributed by atoms with E-state index in [2.05, 4.69) is 0 Å². The molecular formula is C16H30N2O2. The van der Waals surface area contributed by atoms with Gasteiger partial charge in [0.2, 0.25) is 5.91 Å². The molecule has 0 radical (unpaired) electrons. The lowest BCUT2D eigenvalue weighted by Crippen LogP contribution is -2.46. The van der Waals surface area contributed by atoms with Gasteiger partial charge in [0.15, 0.2) is 0 Å². The van der Waals surface area contributed by atoms with Crippen molar-refractivity contribution in [3.63, 3.8) is 0 Å². The second kappa shape index (κ2) is 7.41. The summed E-state index contributed by atoms with van der Waals surface area (Å²) in [5, 5.41) is 0. The van der Waals surface area contributed by atoms with E-state index >= 15 is 0 Å². The molecule has 1 atom stereocenters. The standard InChI is InChI=1S/C16H30N2O2/c1-2-20-14-7-6-10-18(12-14)15(19)11-16(13-17)8-4-3-5-9-16/h14H,2-13,17H2,1H3. The van der Waals surface area contributed by atoms with Gasteiger partial charge in [0.25, 0.3) is 0 Å². The van der Waals surface area contributed by atoms with Gasteiger partial charge in [-0.1, -0.05) is 19.3 Å². The van der Waals surface area contributed by atoms with E-state index in [1.54, 1.807) is 0 Å². The summed E-state index contributed by atoms with van der Waals surface area (Å²) in [7, 11) is 0. The van der Waals surface area contributed by atoms with Crippen LogP contribution in [0.25, 0.3) is 0 Å². The van der Waals surface area contributed by atoms with E-state index in [0.717, 1.165) is 45.4 Å². The van der Waals surface area contributed by atoms with Gasteiger partial charge in [-0.3, -0.25) is 4.79 Å². The number of amides is 1. The molecule has 1 aliphatic heterocycles. The Morgan fingerprint density at radius 3 is 2.70 bits per heavy atom. The highest BCUT2D eigenvalue weighted by atomic mass is 16.5. The summed E-state index contributed by atoms with van der Waals surface area (Å²) in [6.45, 7) is 5.07. The summed E-state index contributed by atoms with van der Waals surface area (Å²) < 4.78 is 5.69. The molecule has 4 nitrogen and oxygen atoms in total. The molecule has 2 N–H and O–H groups in total. The molecule has 1 heterocycles. The summed E-state index contributed by atoms with van der Waals surface area (Å²) in [5.74, 6) is 0.293. The van der Waals surface area contributed by atoms with E-state index in [1.165, 1.54) is 19.3 Å². The molecule has 2 fully saturated rings. The average molecular weight is 282 g/mol. The number of rotatable bonds is 5. The molecule has 1 saturated carbocycles. The Morgan fingerprint density at radius 2 is 2.05 bits per heavy atom. The fourth-order valence-corrected chi connectivity index (χ4v) is 3.72. The molecule has 1 unspecified atom stereocenters. The van der Waals surface area contributed by atoms with Gasteiger partial charge in [-0.25, -0.2) is 0 Å². The molecule has 1 amide bonds. The Balaban J connectivity index is 1.89. The number of nitrogens with zero attached hydrogens (tertiary/aromatic N) is 1. The Labute approximate surface area is 123 Å². The number of piperidine rings is 1. The first-order valence-electron chi connectivity index (χ1n) is 8.28. The van der Waals surface area contributed by atoms with Crippen LogP contribution in [0.15, 0.2) is 0 Å². The highest BCUT2D eigenvalue weighted by Gasteiger charge is 2.35. The lowest BCUT2D eigenvalue weighted by molar-refractivity contribution is -0.138. The lowest BCUT2D eigenvalue weighted by Gasteiger charge is -2.39. The maximum absolute atomic E-state index is 12.6. The van der Waals surface area contributed by atoms with Crippen LogP contribution in [0.5, 0.6) is 0 Å². The summed E-state index contributed by atoms with van der Waals surface area (Å²) in [6, 6.07) is 0.